The van der Waals surface area contributed by atoms with Crippen molar-refractivity contribution >= 4 is 28.7 Å². The predicted octanol–water partition coefficient (Wildman–Crippen LogP) is 4.80. The van der Waals surface area contributed by atoms with E-state index in [0.29, 0.717) is 0 Å². The molecule has 4 rings (SSSR count). The Kier molecular flexibility index (Phi) is 4.75. The highest BCUT2D eigenvalue weighted by molar-refractivity contribution is 7.98. The van der Waals surface area contributed by atoms with Crippen molar-refractivity contribution in [2.75, 3.05) is 11.8 Å². The smallest absolute Gasteiger partial charge is 0.0945 e. The first-order chi connectivity index (χ1) is 11.8. The van der Waals surface area contributed by atoms with Crippen molar-refractivity contribution < 1.29 is 0 Å². The third-order valence-electron chi connectivity index (χ3n) is 4.24. The summed E-state index contributed by atoms with van der Waals surface area (Å²) in [5, 5.41) is 1.17. The summed E-state index contributed by atoms with van der Waals surface area (Å²) < 4.78 is 5.72. The van der Waals surface area contributed by atoms with Crippen LogP contribution in [-0.2, 0) is 0 Å². The van der Waals surface area contributed by atoms with E-state index in [1.807, 2.05) is 12.3 Å². The zero-order valence-electron chi connectivity index (χ0n) is 13.7. The Morgan fingerprint density at radius 3 is 2.62 bits per heavy atom. The van der Waals surface area contributed by atoms with Gasteiger partial charge in [-0.3, -0.25) is 4.98 Å². The van der Waals surface area contributed by atoms with Gasteiger partial charge in [0, 0.05) is 36.3 Å². The molecule has 1 atom stereocenters. The monoisotopic (exact) mass is 333 g/mol. The number of nitrogens with zero attached hydrogens (tertiary/aromatic N) is 2. The van der Waals surface area contributed by atoms with E-state index in [1.165, 1.54) is 22.1 Å². The Morgan fingerprint density at radius 2 is 1.83 bits per heavy atom. The molecule has 0 saturated heterocycles. The van der Waals surface area contributed by atoms with Crippen LogP contribution >= 0.6 is 12.1 Å². The van der Waals surface area contributed by atoms with E-state index >= 15 is 0 Å². The maximum atomic E-state index is 4.58. The molecule has 0 aliphatic carbocycles. The second-order valence-corrected chi connectivity index (χ2v) is 6.57. The third-order valence-corrected chi connectivity index (χ3v) is 5.03. The molecule has 3 aromatic rings. The number of nitrogens with one attached hydrogen (secondary N) is 1. The molecule has 0 amide bonds. The summed E-state index contributed by atoms with van der Waals surface area (Å²) in [6.45, 7) is 2.18. The summed E-state index contributed by atoms with van der Waals surface area (Å²) in [5.41, 5.74) is 6.11. The fraction of sp³-hybridized carbons (Fsp3) is 0.150. The number of hydrogen-bond acceptors (Lipinski definition) is 4. The van der Waals surface area contributed by atoms with Crippen LogP contribution in [0.1, 0.15) is 22.7 Å². The summed E-state index contributed by atoms with van der Waals surface area (Å²) in [6, 6.07) is 17.3. The molecular weight excluding hydrogens is 314 g/mol. The molecule has 2 heterocycles. The van der Waals surface area contributed by atoms with E-state index in [4.69, 9.17) is 0 Å². The molecule has 0 saturated carbocycles. The molecule has 0 spiro atoms. The number of pyridine rings is 1. The topological polar surface area (TPSA) is 28.2 Å². The van der Waals surface area contributed by atoms with Crippen LogP contribution in [0.3, 0.4) is 0 Å². The Bertz CT molecular complexity index is 888. The minimum Gasteiger partial charge on any atom is -0.314 e. The van der Waals surface area contributed by atoms with E-state index in [1.54, 1.807) is 12.1 Å². The number of aryl methyl sites for hydroxylation is 1. The molecular formula is C20H19N3S. The van der Waals surface area contributed by atoms with E-state index < -0.39 is 0 Å². The van der Waals surface area contributed by atoms with Crippen molar-refractivity contribution in [1.82, 2.24) is 9.29 Å². The molecule has 3 nitrogen and oxygen atoms in total. The van der Waals surface area contributed by atoms with Gasteiger partial charge in [0.15, 0.2) is 0 Å². The Balaban J connectivity index is 0.000000815. The molecule has 2 aromatic carbocycles. The maximum Gasteiger partial charge on any atom is 0.0945 e. The first-order valence-electron chi connectivity index (χ1n) is 7.68. The van der Waals surface area contributed by atoms with Gasteiger partial charge in [0.2, 0.25) is 0 Å². The molecule has 0 radical (unpaired) electrons. The van der Waals surface area contributed by atoms with E-state index in [2.05, 4.69) is 83.3 Å². The number of benzene rings is 2. The predicted molar refractivity (Wildman–Crippen MR) is 104 cm³/mol. The lowest BCUT2D eigenvalue weighted by atomic mass is 9.93. The highest BCUT2D eigenvalue weighted by Gasteiger charge is 2.29. The highest BCUT2D eigenvalue weighted by Crippen LogP contribution is 2.44. The summed E-state index contributed by atoms with van der Waals surface area (Å²) >= 11 is 1.63. The van der Waals surface area contributed by atoms with Gasteiger partial charge in [-0.1, -0.05) is 42.5 Å². The number of aromatic nitrogens is 1. The van der Waals surface area contributed by atoms with Crippen LogP contribution in [0.2, 0.25) is 0 Å². The minimum atomic E-state index is 0.230. The lowest BCUT2D eigenvalue weighted by molar-refractivity contribution is 0.477. The second kappa shape index (κ2) is 6.96. The third kappa shape index (κ3) is 2.73. The van der Waals surface area contributed by atoms with Gasteiger partial charge in [-0.2, -0.15) is 0 Å². The lowest BCUT2D eigenvalue weighted by Crippen LogP contribution is -2.26. The fourth-order valence-electron chi connectivity index (χ4n) is 3.12. The van der Waals surface area contributed by atoms with Gasteiger partial charge in [0.1, 0.15) is 0 Å². The van der Waals surface area contributed by atoms with E-state index in [9.17, 15) is 0 Å². The van der Waals surface area contributed by atoms with Crippen LogP contribution in [0, 0.1) is 19.8 Å². The normalized spacial score (nSPS) is 16.6. The number of terminal acetylenes is 1. The van der Waals surface area contributed by atoms with Crippen molar-refractivity contribution in [3.63, 3.8) is 0 Å². The van der Waals surface area contributed by atoms with Crippen molar-refractivity contribution in [3.8, 4) is 12.8 Å². The van der Waals surface area contributed by atoms with Gasteiger partial charge in [-0.05, 0) is 24.1 Å². The van der Waals surface area contributed by atoms with Gasteiger partial charge >= 0.3 is 0 Å². The average molecular weight is 333 g/mol. The first-order valence-corrected chi connectivity index (χ1v) is 8.45. The van der Waals surface area contributed by atoms with Crippen LogP contribution in [-0.4, -0.2) is 16.3 Å². The quantitative estimate of drug-likeness (QED) is 0.511. The SMILES string of the molecule is C#C.Cc1ccccc1C1c2ccc3cccnc3c2NSN1C. The number of fused-ring (bicyclic) bond motifs is 3. The number of hydrogen-bond donors (Lipinski definition) is 1. The molecule has 0 fully saturated rings. The van der Waals surface area contributed by atoms with Gasteiger partial charge < -0.3 is 4.72 Å². The van der Waals surface area contributed by atoms with Crippen molar-refractivity contribution in [2.45, 2.75) is 13.0 Å². The molecule has 1 unspecified atom stereocenters. The number of rotatable bonds is 1. The zero-order chi connectivity index (χ0) is 17.1. The Hall–Kier alpha value is -2.48. The minimum absolute atomic E-state index is 0.230. The molecule has 120 valence electrons. The molecule has 1 aliphatic rings. The van der Waals surface area contributed by atoms with E-state index in [-0.39, 0.29) is 6.04 Å². The molecule has 1 aliphatic heterocycles. The largest absolute Gasteiger partial charge is 0.314 e. The summed E-state index contributed by atoms with van der Waals surface area (Å²) in [4.78, 5) is 4.58. The summed E-state index contributed by atoms with van der Waals surface area (Å²) in [7, 11) is 2.13. The molecule has 24 heavy (non-hydrogen) atoms. The van der Waals surface area contributed by atoms with Crippen LogP contribution < -0.4 is 4.72 Å². The highest BCUT2D eigenvalue weighted by atomic mass is 32.2. The fourth-order valence-corrected chi connectivity index (χ4v) is 3.90. The van der Waals surface area contributed by atoms with Crippen LogP contribution in [0.25, 0.3) is 10.9 Å². The van der Waals surface area contributed by atoms with Gasteiger partial charge in [-0.25, -0.2) is 4.31 Å². The van der Waals surface area contributed by atoms with Gasteiger partial charge in [0.05, 0.1) is 17.2 Å². The van der Waals surface area contributed by atoms with Gasteiger partial charge in [-0.15, -0.1) is 12.8 Å². The zero-order valence-corrected chi connectivity index (χ0v) is 14.5. The molecule has 1 N–H and O–H groups in total. The van der Waals surface area contributed by atoms with Crippen LogP contribution in [0.15, 0.2) is 54.7 Å². The van der Waals surface area contributed by atoms with E-state index in [0.717, 1.165) is 11.2 Å². The molecule has 4 heteroatoms. The van der Waals surface area contributed by atoms with Crippen molar-refractivity contribution in [1.29, 1.82) is 0 Å². The number of anilines is 1. The standard InChI is InChI=1S/C18H17N3S.C2H2/c1-12-6-3-4-8-14(12)18-15-10-9-13-7-5-11-19-16(13)17(15)20-22-21(18)2;1-2/h3-11,18,20H,1-2H3;1-2H. The Morgan fingerprint density at radius 1 is 1.04 bits per heavy atom. The summed E-state index contributed by atoms with van der Waals surface area (Å²) in [6.07, 6.45) is 9.86. The maximum absolute atomic E-state index is 4.58. The molecule has 1 aromatic heterocycles. The van der Waals surface area contributed by atoms with Crippen molar-refractivity contribution in [3.05, 3.63) is 71.4 Å². The van der Waals surface area contributed by atoms with Crippen LogP contribution in [0.5, 0.6) is 0 Å². The van der Waals surface area contributed by atoms with Gasteiger partial charge in [0.25, 0.3) is 0 Å². The lowest BCUT2D eigenvalue weighted by Gasteiger charge is -2.35. The molecule has 0 bridgehead atoms. The first kappa shape index (κ1) is 16.4. The average Bonchev–Trinajstić information content (AvgIpc) is 2.64. The summed E-state index contributed by atoms with van der Waals surface area (Å²) in [5.74, 6) is 0. The second-order valence-electron chi connectivity index (χ2n) is 5.60. The van der Waals surface area contributed by atoms with Crippen LogP contribution in [0.4, 0.5) is 5.69 Å². The van der Waals surface area contributed by atoms with Crippen molar-refractivity contribution in [2.24, 2.45) is 0 Å². The Labute approximate surface area is 147 Å².